The number of carbonyl (C=O) groups is 1. The number of amides is 1. The van der Waals surface area contributed by atoms with Crippen molar-refractivity contribution in [2.75, 3.05) is 12.0 Å². The maximum absolute atomic E-state index is 12.2. The molecule has 1 heterocycles. The molecular formula is C22H32F3N3O2S. The topological polar surface area (TPSA) is 91.1 Å². The molecule has 4 N–H and O–H groups in total. The molecule has 1 fully saturated rings. The van der Waals surface area contributed by atoms with Crippen LogP contribution in [0.25, 0.3) is 5.69 Å². The van der Waals surface area contributed by atoms with Crippen LogP contribution in [0.15, 0.2) is 29.1 Å². The van der Waals surface area contributed by atoms with Gasteiger partial charge >= 0.3 is 6.18 Å². The highest BCUT2D eigenvalue weighted by Gasteiger charge is 2.46. The number of pyridine rings is 1. The van der Waals surface area contributed by atoms with Crippen molar-refractivity contribution < 1.29 is 18.0 Å². The average Bonchev–Trinajstić information content (AvgIpc) is 3.56. The number of nitrogens with zero attached hydrogens (tertiary/aromatic N) is 1. The van der Waals surface area contributed by atoms with Crippen LogP contribution in [-0.4, -0.2) is 22.9 Å². The lowest BCUT2D eigenvalue weighted by molar-refractivity contribution is -0.147. The fourth-order valence-electron chi connectivity index (χ4n) is 2.68. The number of nitrogens with two attached hydrogens (primary N) is 2. The van der Waals surface area contributed by atoms with Gasteiger partial charge in [-0.3, -0.25) is 14.2 Å². The van der Waals surface area contributed by atoms with Crippen molar-refractivity contribution in [1.82, 2.24) is 4.57 Å². The zero-order chi connectivity index (χ0) is 24.5. The van der Waals surface area contributed by atoms with Crippen LogP contribution in [0.2, 0.25) is 0 Å². The van der Waals surface area contributed by atoms with Gasteiger partial charge in [0, 0.05) is 6.07 Å². The predicted molar refractivity (Wildman–Crippen MR) is 124 cm³/mol. The van der Waals surface area contributed by atoms with Gasteiger partial charge < -0.3 is 11.5 Å². The third-order valence-electron chi connectivity index (χ3n) is 4.56. The third kappa shape index (κ3) is 7.65. The second-order valence-corrected chi connectivity index (χ2v) is 6.66. The maximum atomic E-state index is 12.2. The molecule has 1 aromatic heterocycles. The molecule has 9 heteroatoms. The fourth-order valence-corrected chi connectivity index (χ4v) is 2.68. The van der Waals surface area contributed by atoms with Gasteiger partial charge in [-0.25, -0.2) is 0 Å². The van der Waals surface area contributed by atoms with Crippen LogP contribution in [0.4, 0.5) is 19.0 Å². The molecule has 0 atom stereocenters. The Morgan fingerprint density at radius 2 is 1.52 bits per heavy atom. The van der Waals surface area contributed by atoms with E-state index in [1.807, 2.05) is 46.8 Å². The van der Waals surface area contributed by atoms with Gasteiger partial charge in [-0.1, -0.05) is 26.0 Å². The van der Waals surface area contributed by atoms with Crippen LogP contribution in [-0.2, 0) is 0 Å². The Hall–Kier alpha value is -2.42. The Balaban J connectivity index is 0.000000681. The number of hydrogen-bond donors (Lipinski definition) is 3. The summed E-state index contributed by atoms with van der Waals surface area (Å²) in [7, 11) is 0. The average molecular weight is 460 g/mol. The lowest BCUT2D eigenvalue weighted by Crippen LogP contribution is -2.26. The third-order valence-corrected chi connectivity index (χ3v) is 4.56. The number of aryl methyl sites for hydroxylation is 2. The van der Waals surface area contributed by atoms with Gasteiger partial charge in [-0.2, -0.15) is 25.8 Å². The van der Waals surface area contributed by atoms with Gasteiger partial charge in [0.25, 0.3) is 11.5 Å². The van der Waals surface area contributed by atoms with E-state index in [9.17, 15) is 22.8 Å². The molecule has 0 bridgehead atoms. The number of primary amides is 1. The van der Waals surface area contributed by atoms with E-state index in [0.717, 1.165) is 16.7 Å². The second kappa shape index (κ2) is 12.4. The molecule has 5 nitrogen and oxygen atoms in total. The van der Waals surface area contributed by atoms with Gasteiger partial charge in [-0.15, -0.1) is 0 Å². The van der Waals surface area contributed by atoms with Crippen molar-refractivity contribution >= 4 is 24.4 Å². The minimum Gasteiger partial charge on any atom is -0.384 e. The lowest BCUT2D eigenvalue weighted by Gasteiger charge is -2.17. The van der Waals surface area contributed by atoms with Gasteiger partial charge in [0.1, 0.15) is 5.82 Å². The number of alkyl halides is 3. The largest absolute Gasteiger partial charge is 0.391 e. The quantitative estimate of drug-likeness (QED) is 0.554. The molecule has 3 rings (SSSR count). The lowest BCUT2D eigenvalue weighted by atomic mass is 10.0. The minimum absolute atomic E-state index is 0.0711. The first-order chi connectivity index (χ1) is 14.4. The number of halogens is 3. The number of hydrogen-bond acceptors (Lipinski definition) is 4. The summed E-state index contributed by atoms with van der Waals surface area (Å²) in [6, 6.07) is 6.56. The Morgan fingerprint density at radius 1 is 1.03 bits per heavy atom. The molecule has 0 spiro atoms. The Labute approximate surface area is 187 Å². The molecule has 2 aromatic rings. The van der Waals surface area contributed by atoms with E-state index < -0.39 is 18.0 Å². The number of nitrogen functional groups attached to an aromatic ring is 1. The molecule has 0 unspecified atom stereocenters. The first kappa shape index (κ1) is 28.6. The number of benzene rings is 1. The van der Waals surface area contributed by atoms with Crippen molar-refractivity contribution in [2.45, 2.75) is 53.6 Å². The van der Waals surface area contributed by atoms with Crippen LogP contribution in [0.5, 0.6) is 0 Å². The highest BCUT2D eigenvalue weighted by Crippen LogP contribution is 2.43. The smallest absolute Gasteiger partial charge is 0.384 e. The zero-order valence-corrected chi connectivity index (χ0v) is 19.7. The summed E-state index contributed by atoms with van der Waals surface area (Å²) in [6.45, 7) is 9.77. The monoisotopic (exact) mass is 459 g/mol. The van der Waals surface area contributed by atoms with E-state index in [-0.39, 0.29) is 16.9 Å². The summed E-state index contributed by atoms with van der Waals surface area (Å²) < 4.78 is 35.1. The van der Waals surface area contributed by atoms with Crippen LogP contribution in [0, 0.1) is 26.7 Å². The fraction of sp³-hybridized carbons (Fsp3) is 0.455. The molecular weight excluding hydrogens is 427 g/mol. The molecule has 0 saturated heterocycles. The highest BCUT2D eigenvalue weighted by atomic mass is 32.1. The highest BCUT2D eigenvalue weighted by molar-refractivity contribution is 7.79. The van der Waals surface area contributed by atoms with Crippen molar-refractivity contribution in [3.05, 3.63) is 56.9 Å². The molecule has 0 radical (unpaired) electrons. The summed E-state index contributed by atoms with van der Waals surface area (Å²) in [5.74, 6) is -1.53. The first-order valence-electron chi connectivity index (χ1n) is 9.85. The van der Waals surface area contributed by atoms with E-state index in [2.05, 4.69) is 12.6 Å². The summed E-state index contributed by atoms with van der Waals surface area (Å²) in [6.07, 6.45) is -1.49. The molecule has 1 aliphatic rings. The van der Waals surface area contributed by atoms with Crippen LogP contribution in [0.1, 0.15) is 53.7 Å². The summed E-state index contributed by atoms with van der Waals surface area (Å²) >= 11 is 3.53. The van der Waals surface area contributed by atoms with E-state index in [1.165, 1.54) is 16.7 Å². The molecule has 174 valence electrons. The van der Waals surface area contributed by atoms with E-state index in [1.54, 1.807) is 6.26 Å². The SMILES string of the molecule is CC.CS.Cc1ccc(C)c(-n2c(N)c(C(N)=O)ccc2=O)c1C.FC(F)(F)C1CC1. The molecule has 1 saturated carbocycles. The van der Waals surface area contributed by atoms with Gasteiger partial charge in [0.15, 0.2) is 0 Å². The number of carbonyl (C=O) groups excluding carboxylic acids is 1. The number of thiol groups is 1. The van der Waals surface area contributed by atoms with Crippen molar-refractivity contribution in [1.29, 1.82) is 0 Å². The molecule has 1 aliphatic carbocycles. The van der Waals surface area contributed by atoms with E-state index >= 15 is 0 Å². The summed E-state index contributed by atoms with van der Waals surface area (Å²) in [5, 5.41) is 0. The van der Waals surface area contributed by atoms with Crippen LogP contribution >= 0.6 is 12.6 Å². The second-order valence-electron chi connectivity index (χ2n) is 6.66. The van der Waals surface area contributed by atoms with Gasteiger partial charge in [-0.05, 0) is 62.6 Å². The first-order valence-corrected chi connectivity index (χ1v) is 10.7. The van der Waals surface area contributed by atoms with Crippen molar-refractivity contribution in [3.63, 3.8) is 0 Å². The molecule has 0 aliphatic heterocycles. The Bertz CT molecular complexity index is 937. The Kier molecular flexibility index (Phi) is 11.5. The molecule has 1 amide bonds. The molecule has 1 aromatic carbocycles. The van der Waals surface area contributed by atoms with Crippen molar-refractivity contribution in [3.8, 4) is 5.69 Å². The minimum atomic E-state index is -3.89. The number of anilines is 1. The Morgan fingerprint density at radius 3 is 1.90 bits per heavy atom. The zero-order valence-electron chi connectivity index (χ0n) is 18.8. The standard InChI is InChI=1S/C15H17N3O2.C4H5F3.C2H6.CH4S/c1-8-4-5-9(2)13(10(8)3)18-12(19)7-6-11(14(18)16)15(17)20;5-4(6,7)3-1-2-3;2*1-2/h4-7H,16H2,1-3H3,(H2,17,20);3H,1-2H2;1-2H3;2H,1H3. The maximum Gasteiger partial charge on any atom is 0.391 e. The predicted octanol–water partition coefficient (Wildman–Crippen LogP) is 4.97. The van der Waals surface area contributed by atoms with Crippen LogP contribution < -0.4 is 17.0 Å². The van der Waals surface area contributed by atoms with E-state index in [4.69, 9.17) is 11.5 Å². The van der Waals surface area contributed by atoms with Crippen molar-refractivity contribution in [2.24, 2.45) is 11.7 Å². The van der Waals surface area contributed by atoms with Gasteiger partial charge in [0.2, 0.25) is 0 Å². The molecule has 31 heavy (non-hydrogen) atoms. The van der Waals surface area contributed by atoms with Gasteiger partial charge in [0.05, 0.1) is 17.2 Å². The number of aromatic nitrogens is 1. The number of rotatable bonds is 2. The van der Waals surface area contributed by atoms with E-state index in [0.29, 0.717) is 18.5 Å². The summed E-state index contributed by atoms with van der Waals surface area (Å²) in [4.78, 5) is 23.5. The summed E-state index contributed by atoms with van der Waals surface area (Å²) in [5.41, 5.74) is 14.7. The van der Waals surface area contributed by atoms with Crippen LogP contribution in [0.3, 0.4) is 0 Å². The normalized spacial score (nSPS) is 12.3.